The summed E-state index contributed by atoms with van der Waals surface area (Å²) < 4.78 is 10.00. The summed E-state index contributed by atoms with van der Waals surface area (Å²) in [6.07, 6.45) is -0.465. The summed E-state index contributed by atoms with van der Waals surface area (Å²) in [5, 5.41) is 19.2. The summed E-state index contributed by atoms with van der Waals surface area (Å²) in [5.74, 6) is -0.0687. The second-order valence-corrected chi connectivity index (χ2v) is 11.2. The van der Waals surface area contributed by atoms with Gasteiger partial charge in [0.1, 0.15) is 12.2 Å². The monoisotopic (exact) mass is 525 g/mol. The number of ether oxygens (including phenoxy) is 1. The third kappa shape index (κ3) is 3.46. The lowest BCUT2D eigenvalue weighted by molar-refractivity contribution is -0.0474. The van der Waals surface area contributed by atoms with Crippen molar-refractivity contribution in [2.24, 2.45) is 0 Å². The number of para-hydroxylation sites is 2. The Morgan fingerprint density at radius 3 is 2.18 bits per heavy atom. The summed E-state index contributed by atoms with van der Waals surface area (Å²) in [5.41, 5.74) is 4.19. The first-order chi connectivity index (χ1) is 18.8. The van der Waals surface area contributed by atoms with Gasteiger partial charge in [0.15, 0.2) is 0 Å². The lowest BCUT2D eigenvalue weighted by Crippen LogP contribution is -2.44. The second kappa shape index (κ2) is 8.46. The highest BCUT2D eigenvalue weighted by Crippen LogP contribution is 2.46. The largest absolute Gasteiger partial charge is 0.446 e. The summed E-state index contributed by atoms with van der Waals surface area (Å²) >= 11 is 0. The molecule has 0 radical (unpaired) electrons. The molecule has 9 heteroatoms. The number of nitrogens with zero attached hydrogens (tertiary/aromatic N) is 4. The predicted octanol–water partition coefficient (Wildman–Crippen LogP) is 3.52. The van der Waals surface area contributed by atoms with E-state index >= 15 is 0 Å². The molecule has 2 aliphatic rings. The van der Waals surface area contributed by atoms with Gasteiger partial charge in [0, 0.05) is 59.3 Å². The Balaban J connectivity index is 1.44. The number of hydrogen-bond acceptors (Lipinski definition) is 5. The van der Waals surface area contributed by atoms with Gasteiger partial charge in [-0.15, -0.1) is 0 Å². The van der Waals surface area contributed by atoms with E-state index in [0.29, 0.717) is 19.6 Å². The zero-order chi connectivity index (χ0) is 27.1. The van der Waals surface area contributed by atoms with E-state index in [1.807, 2.05) is 55.4 Å². The Hall–Kier alpha value is -4.08. The minimum Gasteiger partial charge on any atom is -0.446 e. The van der Waals surface area contributed by atoms with Gasteiger partial charge in [0.2, 0.25) is 0 Å². The Kier molecular flexibility index (Phi) is 5.20. The summed E-state index contributed by atoms with van der Waals surface area (Å²) in [6, 6.07) is 16.2. The molecule has 0 fully saturated rings. The summed E-state index contributed by atoms with van der Waals surface area (Å²) in [6.45, 7) is 2.01. The first kappa shape index (κ1) is 24.0. The lowest BCUT2D eigenvalue weighted by Gasteiger charge is -2.29. The molecule has 2 aliphatic heterocycles. The topological polar surface area (TPSA) is 92.0 Å². The quantitative estimate of drug-likeness (QED) is 0.366. The molecule has 1 atom stereocenters. The minimum atomic E-state index is -1.38. The fourth-order valence-electron chi connectivity index (χ4n) is 6.42. The number of amides is 2. The molecule has 7 rings (SSSR count). The zero-order valence-corrected chi connectivity index (χ0v) is 22.3. The Morgan fingerprint density at radius 1 is 0.949 bits per heavy atom. The third-order valence-electron chi connectivity index (χ3n) is 8.24. The van der Waals surface area contributed by atoms with Crippen molar-refractivity contribution >= 4 is 55.6 Å². The highest BCUT2D eigenvalue weighted by molar-refractivity contribution is 6.30. The molecule has 0 bridgehead atoms. The van der Waals surface area contributed by atoms with Gasteiger partial charge in [-0.3, -0.25) is 4.79 Å². The number of aliphatic hydroxyl groups is 1. The minimum absolute atomic E-state index is 0.0687. The van der Waals surface area contributed by atoms with E-state index < -0.39 is 11.7 Å². The van der Waals surface area contributed by atoms with Crippen LogP contribution >= 0.6 is 0 Å². The number of rotatable bonds is 5. The summed E-state index contributed by atoms with van der Waals surface area (Å²) in [7, 11) is 5.61. The third-order valence-corrected chi connectivity index (χ3v) is 8.24. The smallest absolute Gasteiger partial charge is 0.409 e. The highest BCUT2D eigenvalue weighted by atomic mass is 16.6. The molecule has 5 aromatic rings. The number of aromatic nitrogens is 2. The Morgan fingerprint density at radius 2 is 1.54 bits per heavy atom. The van der Waals surface area contributed by atoms with Gasteiger partial charge in [-0.1, -0.05) is 36.4 Å². The SMILES string of the molecule is CN(C)CCN(C)C(=O)OCC1(O)Cn2c3ccccc3c3c4c(c5c6ccccc6n(c5c32)C1)C(=O)NC4. The number of likely N-dealkylation sites (N-methyl/N-ethyl adjacent to an activating group) is 2. The molecule has 3 aromatic carbocycles. The van der Waals surface area contributed by atoms with Crippen molar-refractivity contribution in [3.63, 3.8) is 0 Å². The fraction of sp³-hybridized carbons (Fsp3) is 0.333. The average molecular weight is 526 g/mol. The van der Waals surface area contributed by atoms with Crippen LogP contribution in [0.2, 0.25) is 0 Å². The molecule has 39 heavy (non-hydrogen) atoms. The molecule has 0 saturated carbocycles. The van der Waals surface area contributed by atoms with Crippen molar-refractivity contribution in [1.82, 2.24) is 24.3 Å². The maximum absolute atomic E-state index is 13.2. The molecule has 4 heterocycles. The lowest BCUT2D eigenvalue weighted by atomic mass is 9.97. The molecule has 9 nitrogen and oxygen atoms in total. The van der Waals surface area contributed by atoms with E-state index in [4.69, 9.17) is 4.74 Å². The van der Waals surface area contributed by atoms with Crippen LogP contribution in [0.15, 0.2) is 48.5 Å². The number of nitrogens with one attached hydrogen (secondary N) is 1. The number of hydrogen-bond donors (Lipinski definition) is 2. The van der Waals surface area contributed by atoms with E-state index in [1.54, 1.807) is 7.05 Å². The summed E-state index contributed by atoms with van der Waals surface area (Å²) in [4.78, 5) is 29.6. The fourth-order valence-corrected chi connectivity index (χ4v) is 6.42. The average Bonchev–Trinajstić information content (AvgIpc) is 3.53. The van der Waals surface area contributed by atoms with Crippen LogP contribution in [0.4, 0.5) is 4.79 Å². The Labute approximate surface area is 225 Å². The van der Waals surface area contributed by atoms with Gasteiger partial charge in [0.25, 0.3) is 5.91 Å². The molecule has 0 saturated heterocycles. The van der Waals surface area contributed by atoms with Crippen LogP contribution in [0.3, 0.4) is 0 Å². The Bertz CT molecular complexity index is 1830. The van der Waals surface area contributed by atoms with Crippen molar-refractivity contribution in [1.29, 1.82) is 0 Å². The van der Waals surface area contributed by atoms with E-state index in [-0.39, 0.29) is 25.6 Å². The van der Waals surface area contributed by atoms with E-state index in [2.05, 4.69) is 26.6 Å². The predicted molar refractivity (Wildman–Crippen MR) is 151 cm³/mol. The molecular formula is C30H31N5O4. The maximum Gasteiger partial charge on any atom is 0.409 e. The second-order valence-electron chi connectivity index (χ2n) is 11.2. The van der Waals surface area contributed by atoms with Crippen LogP contribution in [-0.4, -0.2) is 82.5 Å². The molecule has 2 aromatic heterocycles. The number of fused-ring (bicyclic) bond motifs is 9. The van der Waals surface area contributed by atoms with E-state index in [0.717, 1.165) is 54.7 Å². The molecule has 2 N–H and O–H groups in total. The van der Waals surface area contributed by atoms with Gasteiger partial charge < -0.3 is 34.1 Å². The van der Waals surface area contributed by atoms with Crippen LogP contribution < -0.4 is 5.32 Å². The number of carbonyl (C=O) groups excluding carboxylic acids is 2. The van der Waals surface area contributed by atoms with Crippen molar-refractivity contribution in [3.05, 3.63) is 59.7 Å². The maximum atomic E-state index is 13.2. The molecule has 0 aliphatic carbocycles. The molecule has 200 valence electrons. The zero-order valence-electron chi connectivity index (χ0n) is 22.3. The molecular weight excluding hydrogens is 494 g/mol. The van der Waals surface area contributed by atoms with Gasteiger partial charge in [-0.05, 0) is 31.8 Å². The van der Waals surface area contributed by atoms with E-state index in [1.165, 1.54) is 4.90 Å². The van der Waals surface area contributed by atoms with Crippen molar-refractivity contribution in [2.45, 2.75) is 25.2 Å². The molecule has 2 amide bonds. The van der Waals surface area contributed by atoms with E-state index in [9.17, 15) is 14.7 Å². The highest BCUT2D eigenvalue weighted by Gasteiger charge is 2.39. The van der Waals surface area contributed by atoms with Crippen molar-refractivity contribution in [3.8, 4) is 0 Å². The first-order valence-corrected chi connectivity index (χ1v) is 13.3. The first-order valence-electron chi connectivity index (χ1n) is 13.3. The normalized spacial score (nSPS) is 18.4. The standard InChI is InChI=1S/C30H31N5O4/c1-32(2)12-13-33(3)29(37)39-17-30(38)15-34-21-10-6-4-8-18(21)23-20-14-31-28(36)25(20)24-19-9-5-7-11-22(19)35(16-30)27(24)26(23)34/h4-11,38H,12-17H2,1-3H3,(H,31,36). The van der Waals surface area contributed by atoms with Gasteiger partial charge >= 0.3 is 6.09 Å². The van der Waals surface area contributed by atoms with Crippen LogP contribution in [-0.2, 0) is 24.4 Å². The van der Waals surface area contributed by atoms with Crippen LogP contribution in [0.25, 0.3) is 43.6 Å². The van der Waals surface area contributed by atoms with Crippen molar-refractivity contribution in [2.75, 3.05) is 40.8 Å². The van der Waals surface area contributed by atoms with Gasteiger partial charge in [0.05, 0.1) is 29.7 Å². The van der Waals surface area contributed by atoms with Crippen molar-refractivity contribution < 1.29 is 19.4 Å². The van der Waals surface area contributed by atoms with Crippen LogP contribution in [0.5, 0.6) is 0 Å². The van der Waals surface area contributed by atoms with Gasteiger partial charge in [-0.25, -0.2) is 4.79 Å². The number of carbonyl (C=O) groups is 2. The molecule has 0 spiro atoms. The number of benzene rings is 3. The van der Waals surface area contributed by atoms with Crippen LogP contribution in [0, 0.1) is 0 Å². The van der Waals surface area contributed by atoms with Crippen LogP contribution in [0.1, 0.15) is 15.9 Å². The molecule has 1 unspecified atom stereocenters. The van der Waals surface area contributed by atoms with Gasteiger partial charge in [-0.2, -0.15) is 0 Å².